The molecule has 0 fully saturated rings. The number of nitrogens with zero attached hydrogens (tertiary/aromatic N) is 2. The largest absolute Gasteiger partial charge is 0.483 e. The lowest BCUT2D eigenvalue weighted by Crippen LogP contribution is -2.54. The van der Waals surface area contributed by atoms with Gasteiger partial charge in [-0.25, -0.2) is 8.78 Å². The smallest absolute Gasteiger partial charge is 0.275 e. The van der Waals surface area contributed by atoms with E-state index in [1.165, 1.54) is 12.3 Å². The Hall–Kier alpha value is -4.27. The molecule has 7 nitrogen and oxygen atoms in total. The van der Waals surface area contributed by atoms with Gasteiger partial charge in [-0.2, -0.15) is 0 Å². The lowest BCUT2D eigenvalue weighted by molar-refractivity contribution is 0.0529. The van der Waals surface area contributed by atoms with Gasteiger partial charge in [-0.15, -0.1) is 0 Å². The Morgan fingerprint density at radius 3 is 2.66 bits per heavy atom. The SMILES string of the molecule is C[C@H]1C=CC[C@@]2(C)CN1C(=O)c1c(OCc3ccccc3)c(=O)c(C(=O)NCc3ccc(F)cc3F)cn12. The van der Waals surface area contributed by atoms with Gasteiger partial charge < -0.3 is 19.5 Å². The maximum absolute atomic E-state index is 14.1. The van der Waals surface area contributed by atoms with Gasteiger partial charge in [-0.05, 0) is 31.9 Å². The maximum Gasteiger partial charge on any atom is 0.275 e. The number of rotatable bonds is 6. The topological polar surface area (TPSA) is 80.6 Å². The summed E-state index contributed by atoms with van der Waals surface area (Å²) in [5.74, 6) is -2.86. The molecule has 0 spiro atoms. The van der Waals surface area contributed by atoms with Crippen LogP contribution >= 0.6 is 0 Å². The summed E-state index contributed by atoms with van der Waals surface area (Å²) in [5.41, 5.74) is -0.657. The van der Waals surface area contributed by atoms with Gasteiger partial charge in [0, 0.05) is 37.0 Å². The second-order valence-electron chi connectivity index (χ2n) is 9.92. The van der Waals surface area contributed by atoms with E-state index in [0.29, 0.717) is 13.0 Å². The number of carbonyl (C=O) groups is 2. The van der Waals surface area contributed by atoms with E-state index in [-0.39, 0.29) is 47.7 Å². The van der Waals surface area contributed by atoms with E-state index in [0.717, 1.165) is 17.7 Å². The molecule has 2 aliphatic heterocycles. The first-order valence-corrected chi connectivity index (χ1v) is 12.3. The van der Waals surface area contributed by atoms with E-state index in [1.54, 1.807) is 9.47 Å². The summed E-state index contributed by atoms with van der Waals surface area (Å²) in [6.45, 7) is 4.02. The maximum atomic E-state index is 14.1. The standard InChI is InChI=1S/C29H27F2N3O4/c1-18-7-6-12-29(2)17-33(18)28(37)24-26(38-16-19-8-4-3-5-9-19)25(35)22(15-34(24)29)27(36)32-14-20-10-11-21(30)13-23(20)31/h3-11,13,15,18H,12,14,16-17H2,1-2H3,(H,32,36)/t18-,29-/m0/s1. The van der Waals surface area contributed by atoms with E-state index in [1.807, 2.05) is 56.3 Å². The van der Waals surface area contributed by atoms with Crippen molar-refractivity contribution in [3.05, 3.63) is 111 Å². The quantitative estimate of drug-likeness (QED) is 0.496. The van der Waals surface area contributed by atoms with Crippen molar-refractivity contribution < 1.29 is 23.1 Å². The van der Waals surface area contributed by atoms with Crippen molar-refractivity contribution in [2.24, 2.45) is 0 Å². The fourth-order valence-corrected chi connectivity index (χ4v) is 4.94. The third-order valence-corrected chi connectivity index (χ3v) is 7.11. The first-order chi connectivity index (χ1) is 18.2. The fourth-order valence-electron chi connectivity index (χ4n) is 4.94. The Morgan fingerprint density at radius 1 is 1.16 bits per heavy atom. The third-order valence-electron chi connectivity index (χ3n) is 7.11. The molecule has 0 saturated carbocycles. The van der Waals surface area contributed by atoms with E-state index < -0.39 is 28.5 Å². The molecule has 2 bridgehead atoms. The van der Waals surface area contributed by atoms with Crippen LogP contribution in [0.5, 0.6) is 5.75 Å². The normalized spacial score (nSPS) is 20.1. The number of fused-ring (bicyclic) bond motifs is 4. The van der Waals surface area contributed by atoms with Crippen LogP contribution in [0.1, 0.15) is 52.2 Å². The van der Waals surface area contributed by atoms with Gasteiger partial charge in [0.1, 0.15) is 23.8 Å². The van der Waals surface area contributed by atoms with Gasteiger partial charge in [-0.1, -0.05) is 48.6 Å². The van der Waals surface area contributed by atoms with Gasteiger partial charge in [-0.3, -0.25) is 14.4 Å². The minimum atomic E-state index is -0.808. The zero-order chi connectivity index (χ0) is 27.0. The van der Waals surface area contributed by atoms with Crippen LogP contribution < -0.4 is 15.5 Å². The highest BCUT2D eigenvalue weighted by Gasteiger charge is 2.44. The van der Waals surface area contributed by atoms with Gasteiger partial charge in [0.2, 0.25) is 5.43 Å². The number of aromatic nitrogens is 1. The Kier molecular flexibility index (Phi) is 6.60. The van der Waals surface area contributed by atoms with Crippen molar-refractivity contribution in [3.8, 4) is 5.75 Å². The second-order valence-corrected chi connectivity index (χ2v) is 9.92. The molecule has 0 aliphatic carbocycles. The highest BCUT2D eigenvalue weighted by molar-refractivity contribution is 5.99. The third kappa shape index (κ3) is 4.60. The molecular formula is C29H27F2N3O4. The molecular weight excluding hydrogens is 492 g/mol. The summed E-state index contributed by atoms with van der Waals surface area (Å²) in [7, 11) is 0. The summed E-state index contributed by atoms with van der Waals surface area (Å²) in [6.07, 6.45) is 5.90. The van der Waals surface area contributed by atoms with E-state index in [9.17, 15) is 23.2 Å². The number of amides is 2. The molecule has 3 aromatic rings. The Bertz CT molecular complexity index is 1500. The molecule has 5 rings (SSSR count). The molecule has 1 N–H and O–H groups in total. The van der Waals surface area contributed by atoms with Crippen molar-refractivity contribution in [1.82, 2.24) is 14.8 Å². The summed E-state index contributed by atoms with van der Waals surface area (Å²) in [6, 6.07) is 12.0. The summed E-state index contributed by atoms with van der Waals surface area (Å²) in [4.78, 5) is 42.2. The minimum Gasteiger partial charge on any atom is -0.483 e. The summed E-state index contributed by atoms with van der Waals surface area (Å²) >= 11 is 0. The van der Waals surface area contributed by atoms with Crippen molar-refractivity contribution in [1.29, 1.82) is 0 Å². The Labute approximate surface area is 218 Å². The first kappa shape index (κ1) is 25.4. The molecule has 0 saturated heterocycles. The highest BCUT2D eigenvalue weighted by Crippen LogP contribution is 2.36. The predicted molar refractivity (Wildman–Crippen MR) is 137 cm³/mol. The zero-order valence-electron chi connectivity index (χ0n) is 21.0. The van der Waals surface area contributed by atoms with Gasteiger partial charge in [0.05, 0.1) is 5.54 Å². The molecule has 3 heterocycles. The summed E-state index contributed by atoms with van der Waals surface area (Å²) in [5, 5.41) is 2.54. The molecule has 196 valence electrons. The van der Waals surface area contributed by atoms with Crippen LogP contribution in [0.3, 0.4) is 0 Å². The number of halogens is 2. The average molecular weight is 520 g/mol. The van der Waals surface area contributed by atoms with Crippen LogP contribution in [-0.2, 0) is 18.7 Å². The molecule has 0 unspecified atom stereocenters. The van der Waals surface area contributed by atoms with Crippen molar-refractivity contribution in [3.63, 3.8) is 0 Å². The Balaban J connectivity index is 1.57. The Morgan fingerprint density at radius 2 is 1.92 bits per heavy atom. The average Bonchev–Trinajstić information content (AvgIpc) is 3.03. The lowest BCUT2D eigenvalue weighted by Gasteiger charge is -2.44. The molecule has 0 radical (unpaired) electrons. The number of allylic oxidation sites excluding steroid dienone is 1. The van der Waals surface area contributed by atoms with Gasteiger partial charge in [0.15, 0.2) is 11.4 Å². The number of hydrogen-bond acceptors (Lipinski definition) is 4. The van der Waals surface area contributed by atoms with Crippen LogP contribution in [0.2, 0.25) is 0 Å². The van der Waals surface area contributed by atoms with Crippen molar-refractivity contribution >= 4 is 11.8 Å². The molecule has 9 heteroatoms. The zero-order valence-corrected chi connectivity index (χ0v) is 21.0. The minimum absolute atomic E-state index is 0.0206. The number of benzene rings is 2. The number of ether oxygens (including phenoxy) is 1. The van der Waals surface area contributed by atoms with Crippen LogP contribution in [0.25, 0.3) is 0 Å². The number of pyridine rings is 1. The van der Waals surface area contributed by atoms with E-state index >= 15 is 0 Å². The molecule has 2 aromatic carbocycles. The van der Waals surface area contributed by atoms with Gasteiger partial charge in [0.25, 0.3) is 11.8 Å². The van der Waals surface area contributed by atoms with E-state index in [4.69, 9.17) is 4.74 Å². The van der Waals surface area contributed by atoms with Crippen LogP contribution in [0.4, 0.5) is 8.78 Å². The highest BCUT2D eigenvalue weighted by atomic mass is 19.1. The first-order valence-electron chi connectivity index (χ1n) is 12.3. The fraction of sp³-hybridized carbons (Fsp3) is 0.276. The second kappa shape index (κ2) is 9.89. The van der Waals surface area contributed by atoms with E-state index in [2.05, 4.69) is 5.32 Å². The predicted octanol–water partition coefficient (Wildman–Crippen LogP) is 4.15. The monoisotopic (exact) mass is 519 g/mol. The van der Waals surface area contributed by atoms with Crippen molar-refractivity contribution in [2.45, 2.75) is 45.0 Å². The number of nitrogens with one attached hydrogen (secondary N) is 1. The van der Waals surface area contributed by atoms with Crippen LogP contribution in [-0.4, -0.2) is 33.9 Å². The lowest BCUT2D eigenvalue weighted by atomic mass is 9.92. The van der Waals surface area contributed by atoms with Crippen LogP contribution in [0, 0.1) is 11.6 Å². The molecule has 38 heavy (non-hydrogen) atoms. The molecule has 2 atom stereocenters. The van der Waals surface area contributed by atoms with Crippen LogP contribution in [0.15, 0.2) is 71.7 Å². The number of carbonyl (C=O) groups excluding carboxylic acids is 2. The molecule has 2 aliphatic rings. The molecule has 1 aromatic heterocycles. The van der Waals surface area contributed by atoms with Gasteiger partial charge >= 0.3 is 0 Å². The molecule has 2 amide bonds. The number of hydrogen-bond donors (Lipinski definition) is 1. The van der Waals surface area contributed by atoms with Crippen molar-refractivity contribution in [2.75, 3.05) is 6.54 Å². The summed E-state index contributed by atoms with van der Waals surface area (Å²) < 4.78 is 35.0.